The van der Waals surface area contributed by atoms with Crippen LogP contribution in [0, 0.1) is 16.4 Å². The molecule has 0 aliphatic rings. The van der Waals surface area contributed by atoms with Crippen molar-refractivity contribution in [1.82, 2.24) is 0 Å². The quantitative estimate of drug-likeness (QED) is 0.194. The summed E-state index contributed by atoms with van der Waals surface area (Å²) < 4.78 is 69.4. The van der Waals surface area contributed by atoms with Crippen molar-refractivity contribution in [2.45, 2.75) is 13.0 Å². The molecular weight excluding hydrogens is 360 g/mol. The van der Waals surface area contributed by atoms with E-state index in [0.29, 0.717) is 0 Å². The standard InChI is InChI=1S/CHF3O.CHF2NO2.CHFO.CHNO.ClF.ClH/c2-1(3,4)5;2-1(3)6-4-5;2*2-1-3;1-2;/h5H;1H;1H;3H;;1H. The summed E-state index contributed by atoms with van der Waals surface area (Å²) in [5.41, 5.74) is 0. The SMILES string of the molecule is Cl.FCl.N#CO.O=CF.O=NOC(F)F.OC(F)(F)F. The van der Waals surface area contributed by atoms with Gasteiger partial charge in [0.15, 0.2) is 5.34 Å². The van der Waals surface area contributed by atoms with E-state index in [0.717, 1.165) is 6.26 Å². The first-order chi connectivity index (χ1) is 8.60. The summed E-state index contributed by atoms with van der Waals surface area (Å²) in [4.78, 5) is 19.6. The third kappa shape index (κ3) is 1960. The van der Waals surface area contributed by atoms with Crippen LogP contribution in [0.15, 0.2) is 5.34 Å². The van der Waals surface area contributed by atoms with Gasteiger partial charge >= 0.3 is 13.0 Å². The van der Waals surface area contributed by atoms with E-state index < -0.39 is 19.5 Å². The third-order valence-corrected chi connectivity index (χ3v) is 0.123. The number of nitriles is 1. The van der Waals surface area contributed by atoms with Crippen LogP contribution in [-0.2, 0) is 9.63 Å². The van der Waals surface area contributed by atoms with Gasteiger partial charge in [-0.1, -0.05) is 0 Å². The lowest BCUT2D eigenvalue weighted by Crippen LogP contribution is -2.01. The van der Waals surface area contributed by atoms with Crippen LogP contribution in [0.3, 0.4) is 0 Å². The van der Waals surface area contributed by atoms with Crippen molar-refractivity contribution in [2.24, 2.45) is 5.34 Å². The van der Waals surface area contributed by atoms with E-state index in [1.54, 1.807) is 0 Å². The Morgan fingerprint density at radius 1 is 1.35 bits per heavy atom. The van der Waals surface area contributed by atoms with E-state index in [4.69, 9.17) is 29.2 Å². The molecule has 0 aromatic carbocycles. The lowest BCUT2D eigenvalue weighted by Gasteiger charge is -1.86. The van der Waals surface area contributed by atoms with Crippen LogP contribution in [0.4, 0.5) is 30.3 Å². The monoisotopic (exact) mass is 364 g/mol. The first-order valence-electron chi connectivity index (χ1n) is 2.87. The average Bonchev–Trinajstić information content (AvgIpc) is 2.20. The van der Waals surface area contributed by atoms with E-state index in [1.165, 1.54) is 5.34 Å². The summed E-state index contributed by atoms with van der Waals surface area (Å²) in [5, 5.41) is 21.7. The highest BCUT2D eigenvalue weighted by Gasteiger charge is 2.20. The fraction of sp³-hybridized carbons (Fsp3) is 0.500. The molecule has 0 aliphatic carbocycles. The van der Waals surface area contributed by atoms with Gasteiger partial charge in [0.1, 0.15) is 12.0 Å². The second-order valence-electron chi connectivity index (χ2n) is 1.10. The maximum Gasteiger partial charge on any atom is 0.519 e. The minimum absolute atomic E-state index is 0. The van der Waals surface area contributed by atoms with E-state index >= 15 is 0 Å². The van der Waals surface area contributed by atoms with Gasteiger partial charge in [0.2, 0.25) is 0 Å². The molecule has 0 aliphatic heterocycles. The smallest absolute Gasteiger partial charge is 0.443 e. The van der Waals surface area contributed by atoms with Crippen LogP contribution >= 0.6 is 24.4 Å². The normalized spacial score (nSPS) is 6.85. The molecule has 2 N–H and O–H groups in total. The Balaban J connectivity index is -0.0000000320. The fourth-order valence-corrected chi connectivity index (χ4v) is 0.0325. The summed E-state index contributed by atoms with van der Waals surface area (Å²) in [6.45, 7) is -3.83. The minimum Gasteiger partial charge on any atom is -0.443 e. The van der Waals surface area contributed by atoms with Gasteiger partial charge in [-0.2, -0.15) is 18.4 Å². The molecule has 20 heavy (non-hydrogen) atoms. The van der Waals surface area contributed by atoms with Gasteiger partial charge in [-0.15, -0.1) is 34.5 Å². The zero-order chi connectivity index (χ0) is 16.9. The summed E-state index contributed by atoms with van der Waals surface area (Å²) in [6, 6.07) is 0. The van der Waals surface area contributed by atoms with Gasteiger partial charge in [-0.05, 0) is 0 Å². The molecule has 0 saturated carbocycles. The Labute approximate surface area is 117 Å². The number of hydrogen-bond donors (Lipinski definition) is 2. The summed E-state index contributed by atoms with van der Waals surface area (Å²) >= 11 is 3.14. The predicted octanol–water partition coefficient (Wildman–Crippen LogP) is 2.92. The molecule has 0 rings (SSSR count). The Kier molecular flexibility index (Phi) is 65.2. The number of nitrogens with zero attached hydrogens (tertiary/aromatic N) is 2. The molecule has 0 fully saturated rings. The highest BCUT2D eigenvalue weighted by atomic mass is 35.5. The largest absolute Gasteiger partial charge is 0.519 e. The zero-order valence-electron chi connectivity index (χ0n) is 8.60. The van der Waals surface area contributed by atoms with E-state index in [9.17, 15) is 26.3 Å². The molecule has 7 nitrogen and oxygen atoms in total. The van der Waals surface area contributed by atoms with Crippen molar-refractivity contribution in [1.29, 1.82) is 5.26 Å². The number of rotatable bonds is 2. The molecule has 0 unspecified atom stereocenters. The Hall–Kier alpha value is -1.59. The molecule has 0 spiro atoms. The Morgan fingerprint density at radius 3 is 1.50 bits per heavy atom. The number of aliphatic hydroxyl groups excluding tert-OH is 1. The maximum absolute atomic E-state index is 10.5. The molecule has 0 bridgehead atoms. The van der Waals surface area contributed by atoms with Crippen molar-refractivity contribution in [3.8, 4) is 6.26 Å². The van der Waals surface area contributed by atoms with Crippen molar-refractivity contribution in [3.63, 3.8) is 0 Å². The predicted molar refractivity (Wildman–Crippen MR) is 50.8 cm³/mol. The van der Waals surface area contributed by atoms with Crippen LogP contribution in [0.25, 0.3) is 0 Å². The molecule has 0 atom stereocenters. The number of alkyl halides is 5. The van der Waals surface area contributed by atoms with Gasteiger partial charge in [-0.25, -0.2) is 0 Å². The van der Waals surface area contributed by atoms with Crippen molar-refractivity contribution < 1.29 is 50.2 Å². The van der Waals surface area contributed by atoms with Gasteiger partial charge in [0.05, 0.1) is 0 Å². The van der Waals surface area contributed by atoms with Crippen LogP contribution in [0.1, 0.15) is 0 Å². The van der Waals surface area contributed by atoms with E-state index in [1.807, 2.05) is 0 Å². The first-order valence-corrected chi connectivity index (χ1v) is 3.16. The summed E-state index contributed by atoms with van der Waals surface area (Å²) in [6.07, 6.45) is -4.25. The molecular formula is C4H5Cl2F7N2O5. The van der Waals surface area contributed by atoms with Crippen LogP contribution in [0.2, 0.25) is 0 Å². The summed E-state index contributed by atoms with van der Waals surface area (Å²) in [5.74, 6) is 0. The molecule has 0 radical (unpaired) electrons. The summed E-state index contributed by atoms with van der Waals surface area (Å²) in [7, 11) is 0. The number of halogens is 9. The molecule has 0 saturated heterocycles. The zero-order valence-corrected chi connectivity index (χ0v) is 10.2. The van der Waals surface area contributed by atoms with E-state index in [-0.39, 0.29) is 12.4 Å². The van der Waals surface area contributed by atoms with E-state index in [2.05, 4.69) is 16.8 Å². The molecule has 0 heterocycles. The van der Waals surface area contributed by atoms with Crippen LogP contribution in [-0.4, -0.2) is 29.7 Å². The maximum atomic E-state index is 10.5. The first kappa shape index (κ1) is 36.2. The Bertz CT molecular complexity index is 208. The topological polar surface area (TPSA) is 120 Å². The number of carbonyl (C=O) groups excluding carboxylic acids is 1. The second-order valence-corrected chi connectivity index (χ2v) is 1.10. The molecule has 124 valence electrons. The minimum atomic E-state index is -5.00. The van der Waals surface area contributed by atoms with Gasteiger partial charge in [-0.3, -0.25) is 9.63 Å². The molecule has 0 aromatic heterocycles. The number of hydrogen-bond acceptors (Lipinski definition) is 7. The molecule has 0 aromatic rings. The fourth-order valence-electron chi connectivity index (χ4n) is 0.0325. The van der Waals surface area contributed by atoms with Crippen molar-refractivity contribution in [2.75, 3.05) is 0 Å². The molecule has 16 heteroatoms. The number of aliphatic hydroxyl groups is 2. The van der Waals surface area contributed by atoms with Gasteiger partial charge in [0, 0.05) is 0 Å². The third-order valence-electron chi connectivity index (χ3n) is 0.123. The highest BCUT2D eigenvalue weighted by Crippen LogP contribution is 2.06. The lowest BCUT2D eigenvalue weighted by molar-refractivity contribution is -0.295. The van der Waals surface area contributed by atoms with Crippen LogP contribution in [0.5, 0.6) is 0 Å². The van der Waals surface area contributed by atoms with Gasteiger partial charge in [0.25, 0.3) is 12.8 Å². The van der Waals surface area contributed by atoms with Crippen molar-refractivity contribution in [3.05, 3.63) is 4.91 Å². The average molecular weight is 365 g/mol. The second kappa shape index (κ2) is 36.0. The van der Waals surface area contributed by atoms with Crippen molar-refractivity contribution >= 4 is 30.9 Å². The van der Waals surface area contributed by atoms with Crippen LogP contribution < -0.4 is 0 Å². The lowest BCUT2D eigenvalue weighted by atomic mass is 11.4. The van der Waals surface area contributed by atoms with Gasteiger partial charge < -0.3 is 10.2 Å². The Morgan fingerprint density at radius 2 is 1.50 bits per heavy atom. The molecule has 0 amide bonds. The highest BCUT2D eigenvalue weighted by molar-refractivity contribution is 6.06. The number of carbonyl (C=O) groups is 1.